The number of aromatic carboxylic acids is 1. The van der Waals surface area contributed by atoms with E-state index in [1.807, 2.05) is 0 Å². The van der Waals surface area contributed by atoms with Crippen LogP contribution in [0.3, 0.4) is 0 Å². The first-order chi connectivity index (χ1) is 9.54. The molecule has 0 fully saturated rings. The Bertz CT molecular complexity index is 438. The van der Waals surface area contributed by atoms with E-state index in [4.69, 9.17) is 14.9 Å². The zero-order chi connectivity index (χ0) is 15.0. The Balaban J connectivity index is 2.56. The molecule has 1 aromatic carbocycles. The van der Waals surface area contributed by atoms with Gasteiger partial charge in [0.2, 0.25) is 0 Å². The first-order valence-electron chi connectivity index (χ1n) is 6.77. The molecule has 0 aliphatic heterocycles. The molecule has 5 nitrogen and oxygen atoms in total. The van der Waals surface area contributed by atoms with E-state index in [0.29, 0.717) is 12.2 Å². The molecule has 2 N–H and O–H groups in total. The van der Waals surface area contributed by atoms with Gasteiger partial charge >= 0.3 is 11.9 Å². The molecule has 0 spiro atoms. The zero-order valence-corrected chi connectivity index (χ0v) is 11.5. The number of aliphatic carboxylic acids is 1. The van der Waals surface area contributed by atoms with Gasteiger partial charge in [0.15, 0.2) is 6.10 Å². The fourth-order valence-electron chi connectivity index (χ4n) is 1.83. The molecule has 0 aromatic heterocycles. The largest absolute Gasteiger partial charge is 0.479 e. The number of carboxylic acids is 2. The fraction of sp³-hybridized carbons (Fsp3) is 0.467. The lowest BCUT2D eigenvalue weighted by Crippen LogP contribution is -2.26. The highest BCUT2D eigenvalue weighted by Crippen LogP contribution is 2.17. The van der Waals surface area contributed by atoms with Gasteiger partial charge in [0.25, 0.3) is 0 Å². The monoisotopic (exact) mass is 280 g/mol. The lowest BCUT2D eigenvalue weighted by Gasteiger charge is -2.15. The minimum absolute atomic E-state index is 0.146. The summed E-state index contributed by atoms with van der Waals surface area (Å²) in [6.45, 7) is 2.09. The van der Waals surface area contributed by atoms with E-state index in [9.17, 15) is 9.59 Å². The smallest absolute Gasteiger partial charge is 0.344 e. The summed E-state index contributed by atoms with van der Waals surface area (Å²) in [6, 6.07) is 5.75. The lowest BCUT2D eigenvalue weighted by atomic mass is 10.1. The van der Waals surface area contributed by atoms with Crippen LogP contribution in [-0.4, -0.2) is 28.3 Å². The van der Waals surface area contributed by atoms with Crippen LogP contribution >= 0.6 is 0 Å². The summed E-state index contributed by atoms with van der Waals surface area (Å²) in [5.74, 6) is -1.65. The molecule has 20 heavy (non-hydrogen) atoms. The van der Waals surface area contributed by atoms with Crippen molar-refractivity contribution < 1.29 is 24.5 Å². The molecule has 0 saturated carbocycles. The summed E-state index contributed by atoms with van der Waals surface area (Å²) >= 11 is 0. The minimum atomic E-state index is -1.02. The quantitative estimate of drug-likeness (QED) is 0.679. The van der Waals surface area contributed by atoms with E-state index in [1.165, 1.54) is 24.3 Å². The van der Waals surface area contributed by atoms with Gasteiger partial charge in [-0.3, -0.25) is 0 Å². The Morgan fingerprint density at radius 3 is 2.25 bits per heavy atom. The van der Waals surface area contributed by atoms with Crippen LogP contribution in [0, 0.1) is 0 Å². The van der Waals surface area contributed by atoms with Gasteiger partial charge in [0, 0.05) is 0 Å². The molecule has 1 atom stereocenters. The Labute approximate surface area is 118 Å². The zero-order valence-electron chi connectivity index (χ0n) is 11.5. The molecular formula is C15H20O5. The third-order valence-electron chi connectivity index (χ3n) is 2.97. The SMILES string of the molecule is CCCCCCC(Oc1ccc(C(=O)O)cc1)C(=O)O. The van der Waals surface area contributed by atoms with Crippen molar-refractivity contribution in [2.24, 2.45) is 0 Å². The summed E-state index contributed by atoms with van der Waals surface area (Å²) in [7, 11) is 0. The molecule has 0 heterocycles. The van der Waals surface area contributed by atoms with E-state index in [0.717, 1.165) is 25.7 Å². The fourth-order valence-corrected chi connectivity index (χ4v) is 1.83. The molecule has 0 amide bonds. The molecule has 1 rings (SSSR count). The number of carboxylic acid groups (broad SMARTS) is 2. The molecule has 110 valence electrons. The van der Waals surface area contributed by atoms with Crippen LogP contribution in [0.25, 0.3) is 0 Å². The Morgan fingerprint density at radius 2 is 1.75 bits per heavy atom. The number of ether oxygens (including phenoxy) is 1. The average molecular weight is 280 g/mol. The van der Waals surface area contributed by atoms with E-state index in [-0.39, 0.29) is 5.56 Å². The van der Waals surface area contributed by atoms with Crippen molar-refractivity contribution in [2.45, 2.75) is 45.1 Å². The molecule has 1 aromatic rings. The van der Waals surface area contributed by atoms with Crippen molar-refractivity contribution in [3.8, 4) is 5.75 Å². The van der Waals surface area contributed by atoms with Crippen molar-refractivity contribution in [1.29, 1.82) is 0 Å². The lowest BCUT2D eigenvalue weighted by molar-refractivity contribution is -0.145. The van der Waals surface area contributed by atoms with Crippen LogP contribution in [0.15, 0.2) is 24.3 Å². The van der Waals surface area contributed by atoms with E-state index >= 15 is 0 Å². The second kappa shape index (κ2) is 8.19. The summed E-state index contributed by atoms with van der Waals surface area (Å²) in [5, 5.41) is 17.9. The van der Waals surface area contributed by atoms with Crippen LogP contribution in [-0.2, 0) is 4.79 Å². The van der Waals surface area contributed by atoms with Gasteiger partial charge in [-0.2, -0.15) is 0 Å². The van der Waals surface area contributed by atoms with Crippen molar-refractivity contribution in [3.63, 3.8) is 0 Å². The maximum absolute atomic E-state index is 11.1. The number of benzene rings is 1. The van der Waals surface area contributed by atoms with Crippen molar-refractivity contribution in [1.82, 2.24) is 0 Å². The van der Waals surface area contributed by atoms with Crippen molar-refractivity contribution >= 4 is 11.9 Å². The van der Waals surface area contributed by atoms with Crippen LogP contribution in [0.1, 0.15) is 49.4 Å². The Kier molecular flexibility index (Phi) is 6.56. The predicted molar refractivity (Wildman–Crippen MR) is 74.2 cm³/mol. The average Bonchev–Trinajstić information content (AvgIpc) is 2.42. The highest BCUT2D eigenvalue weighted by atomic mass is 16.5. The number of carbonyl (C=O) groups is 2. The highest BCUT2D eigenvalue weighted by molar-refractivity contribution is 5.87. The Hall–Kier alpha value is -2.04. The molecule has 0 bridgehead atoms. The predicted octanol–water partition coefficient (Wildman–Crippen LogP) is 3.19. The van der Waals surface area contributed by atoms with Gasteiger partial charge in [-0.15, -0.1) is 0 Å². The van der Waals surface area contributed by atoms with Gasteiger partial charge < -0.3 is 14.9 Å². The number of rotatable bonds is 9. The highest BCUT2D eigenvalue weighted by Gasteiger charge is 2.18. The van der Waals surface area contributed by atoms with Crippen LogP contribution in [0.4, 0.5) is 0 Å². The van der Waals surface area contributed by atoms with Gasteiger partial charge in [0.05, 0.1) is 5.56 Å². The maximum atomic E-state index is 11.1. The molecular weight excluding hydrogens is 260 g/mol. The van der Waals surface area contributed by atoms with E-state index in [1.54, 1.807) is 0 Å². The third kappa shape index (κ3) is 5.30. The van der Waals surface area contributed by atoms with Crippen molar-refractivity contribution in [3.05, 3.63) is 29.8 Å². The maximum Gasteiger partial charge on any atom is 0.344 e. The molecule has 0 aliphatic carbocycles. The standard InChI is InChI=1S/C15H20O5/c1-2-3-4-5-6-13(15(18)19)20-12-9-7-11(8-10-12)14(16)17/h7-10,13H,2-6H2,1H3,(H,16,17)(H,18,19). The minimum Gasteiger partial charge on any atom is -0.479 e. The second-order valence-electron chi connectivity index (χ2n) is 4.62. The molecule has 0 saturated heterocycles. The summed E-state index contributed by atoms with van der Waals surface area (Å²) in [5.41, 5.74) is 0.146. The molecule has 5 heteroatoms. The first kappa shape index (κ1) is 16.0. The number of unbranched alkanes of at least 4 members (excludes halogenated alkanes) is 3. The first-order valence-corrected chi connectivity index (χ1v) is 6.77. The van der Waals surface area contributed by atoms with Crippen molar-refractivity contribution in [2.75, 3.05) is 0 Å². The second-order valence-corrected chi connectivity index (χ2v) is 4.62. The summed E-state index contributed by atoms with van der Waals surface area (Å²) in [6.07, 6.45) is 3.53. The van der Waals surface area contributed by atoms with Crippen LogP contribution in [0.5, 0.6) is 5.75 Å². The molecule has 1 unspecified atom stereocenters. The Morgan fingerprint density at radius 1 is 1.10 bits per heavy atom. The molecule has 0 aliphatic rings. The summed E-state index contributed by atoms with van der Waals surface area (Å²) in [4.78, 5) is 21.8. The van der Waals surface area contributed by atoms with Crippen LogP contribution in [0.2, 0.25) is 0 Å². The van der Waals surface area contributed by atoms with Gasteiger partial charge in [-0.25, -0.2) is 9.59 Å². The van der Waals surface area contributed by atoms with E-state index in [2.05, 4.69) is 6.92 Å². The van der Waals surface area contributed by atoms with Crippen LogP contribution < -0.4 is 4.74 Å². The third-order valence-corrected chi connectivity index (χ3v) is 2.97. The van der Waals surface area contributed by atoms with Gasteiger partial charge in [-0.05, 0) is 37.1 Å². The summed E-state index contributed by atoms with van der Waals surface area (Å²) < 4.78 is 5.40. The topological polar surface area (TPSA) is 83.8 Å². The van der Waals surface area contributed by atoms with Gasteiger partial charge in [0.1, 0.15) is 5.75 Å². The van der Waals surface area contributed by atoms with E-state index < -0.39 is 18.0 Å². The number of hydrogen-bond donors (Lipinski definition) is 2. The van der Waals surface area contributed by atoms with Gasteiger partial charge in [-0.1, -0.05) is 26.2 Å². The normalized spacial score (nSPS) is 11.8. The molecule has 0 radical (unpaired) electrons. The number of hydrogen-bond acceptors (Lipinski definition) is 3.